The zero-order chi connectivity index (χ0) is 19.9. The summed E-state index contributed by atoms with van der Waals surface area (Å²) in [6.45, 7) is 5.65. The van der Waals surface area contributed by atoms with E-state index in [1.54, 1.807) is 10.6 Å². The number of aromatic nitrogens is 3. The minimum absolute atomic E-state index is 0.142. The van der Waals surface area contributed by atoms with Crippen molar-refractivity contribution in [3.05, 3.63) is 45.6 Å². The molecule has 0 saturated carbocycles. The second-order valence-electron chi connectivity index (χ2n) is 8.22. The standard InChI is InChI=1S/C20H28N4O3S/c1-15(2)14-24-20(25)23-12-11-22(10-9-19(23)21-24)28(26,27)18-8-7-16-5-3-4-6-17(16)13-18/h7-8,13,15H,3-6,9-12,14H2,1-2H3. The molecule has 0 amide bonds. The van der Waals surface area contributed by atoms with E-state index in [0.29, 0.717) is 49.2 Å². The third kappa shape index (κ3) is 3.55. The zero-order valence-electron chi connectivity index (χ0n) is 16.6. The van der Waals surface area contributed by atoms with Crippen molar-refractivity contribution in [1.29, 1.82) is 0 Å². The topological polar surface area (TPSA) is 77.2 Å². The fourth-order valence-electron chi connectivity index (χ4n) is 4.17. The molecule has 0 unspecified atom stereocenters. The Morgan fingerprint density at radius 1 is 1.04 bits per heavy atom. The Morgan fingerprint density at radius 2 is 1.79 bits per heavy atom. The molecule has 2 heterocycles. The quantitative estimate of drug-likeness (QED) is 0.779. The van der Waals surface area contributed by atoms with Crippen LogP contribution in [0.2, 0.25) is 0 Å². The molecule has 1 aliphatic heterocycles. The molecule has 28 heavy (non-hydrogen) atoms. The lowest BCUT2D eigenvalue weighted by Crippen LogP contribution is -2.35. The Morgan fingerprint density at radius 3 is 2.54 bits per heavy atom. The molecule has 0 atom stereocenters. The summed E-state index contributed by atoms with van der Waals surface area (Å²) in [5, 5.41) is 4.44. The van der Waals surface area contributed by atoms with Gasteiger partial charge in [-0.3, -0.25) is 4.57 Å². The molecule has 2 aromatic rings. The van der Waals surface area contributed by atoms with Gasteiger partial charge in [-0.25, -0.2) is 17.9 Å². The van der Waals surface area contributed by atoms with Crippen molar-refractivity contribution in [3.63, 3.8) is 0 Å². The molecule has 0 N–H and O–H groups in total. The van der Waals surface area contributed by atoms with Crippen LogP contribution in [0.5, 0.6) is 0 Å². The number of hydrogen-bond acceptors (Lipinski definition) is 4. The van der Waals surface area contributed by atoms with E-state index in [1.165, 1.54) is 21.0 Å². The van der Waals surface area contributed by atoms with Crippen LogP contribution in [-0.2, 0) is 42.4 Å². The highest BCUT2D eigenvalue weighted by atomic mass is 32.2. The van der Waals surface area contributed by atoms with Crippen molar-refractivity contribution in [2.45, 2.75) is 63.9 Å². The van der Waals surface area contributed by atoms with Gasteiger partial charge in [-0.15, -0.1) is 0 Å². The van der Waals surface area contributed by atoms with E-state index in [9.17, 15) is 13.2 Å². The molecule has 1 aromatic heterocycles. The second-order valence-corrected chi connectivity index (χ2v) is 10.2. The molecule has 8 heteroatoms. The van der Waals surface area contributed by atoms with Crippen molar-refractivity contribution in [1.82, 2.24) is 18.7 Å². The molecule has 0 bridgehead atoms. The van der Waals surface area contributed by atoms with Crippen molar-refractivity contribution in [2.24, 2.45) is 5.92 Å². The molecule has 0 radical (unpaired) electrons. The lowest BCUT2D eigenvalue weighted by molar-refractivity contribution is 0.405. The maximum Gasteiger partial charge on any atom is 0.345 e. The van der Waals surface area contributed by atoms with Crippen LogP contribution in [-0.4, -0.2) is 40.2 Å². The molecule has 1 aromatic carbocycles. The van der Waals surface area contributed by atoms with Gasteiger partial charge in [0.1, 0.15) is 5.82 Å². The SMILES string of the molecule is CC(C)Cn1nc2n(c1=O)CCN(S(=O)(=O)c1ccc3c(c1)CCCC3)CC2. The van der Waals surface area contributed by atoms with E-state index in [1.807, 2.05) is 26.0 Å². The largest absolute Gasteiger partial charge is 0.345 e. The van der Waals surface area contributed by atoms with Gasteiger partial charge in [-0.2, -0.15) is 9.40 Å². The predicted molar refractivity (Wildman–Crippen MR) is 107 cm³/mol. The lowest BCUT2D eigenvalue weighted by atomic mass is 9.92. The smallest absolute Gasteiger partial charge is 0.278 e. The normalized spacial score (nSPS) is 18.0. The third-order valence-corrected chi connectivity index (χ3v) is 7.55. The van der Waals surface area contributed by atoms with Gasteiger partial charge in [-0.1, -0.05) is 19.9 Å². The Hall–Kier alpha value is -1.93. The number of fused-ring (bicyclic) bond motifs is 2. The Labute approximate surface area is 166 Å². The molecule has 0 saturated heterocycles. The first-order valence-electron chi connectivity index (χ1n) is 10.1. The van der Waals surface area contributed by atoms with Crippen LogP contribution >= 0.6 is 0 Å². The maximum atomic E-state index is 13.2. The average Bonchev–Trinajstić information content (AvgIpc) is 2.83. The maximum absolute atomic E-state index is 13.2. The predicted octanol–water partition coefficient (Wildman–Crippen LogP) is 1.83. The molecular formula is C20H28N4O3S. The van der Waals surface area contributed by atoms with Crippen molar-refractivity contribution in [3.8, 4) is 0 Å². The summed E-state index contributed by atoms with van der Waals surface area (Å²) < 4.78 is 31.1. The summed E-state index contributed by atoms with van der Waals surface area (Å²) in [6.07, 6.45) is 4.71. The molecule has 152 valence electrons. The summed E-state index contributed by atoms with van der Waals surface area (Å²) in [7, 11) is -3.57. The van der Waals surface area contributed by atoms with Crippen molar-refractivity contribution < 1.29 is 8.42 Å². The summed E-state index contributed by atoms with van der Waals surface area (Å²) in [4.78, 5) is 12.9. The van der Waals surface area contributed by atoms with Gasteiger partial charge in [0.2, 0.25) is 10.0 Å². The van der Waals surface area contributed by atoms with Crippen LogP contribution < -0.4 is 5.69 Å². The van der Waals surface area contributed by atoms with Crippen LogP contribution in [0.15, 0.2) is 27.9 Å². The van der Waals surface area contributed by atoms with E-state index in [-0.39, 0.29) is 5.69 Å². The van der Waals surface area contributed by atoms with Crippen LogP contribution in [0, 0.1) is 5.92 Å². The Kier molecular flexibility index (Phi) is 5.18. The Bertz CT molecular complexity index is 1040. The van der Waals surface area contributed by atoms with E-state index in [2.05, 4.69) is 5.10 Å². The van der Waals surface area contributed by atoms with Gasteiger partial charge < -0.3 is 0 Å². The highest BCUT2D eigenvalue weighted by molar-refractivity contribution is 7.89. The van der Waals surface area contributed by atoms with Crippen LogP contribution in [0.3, 0.4) is 0 Å². The summed E-state index contributed by atoms with van der Waals surface area (Å²) >= 11 is 0. The highest BCUT2D eigenvalue weighted by Crippen LogP contribution is 2.26. The number of nitrogens with zero attached hydrogens (tertiary/aromatic N) is 4. The molecular weight excluding hydrogens is 376 g/mol. The minimum atomic E-state index is -3.57. The molecule has 0 spiro atoms. The van der Waals surface area contributed by atoms with E-state index in [4.69, 9.17) is 0 Å². The van der Waals surface area contributed by atoms with Crippen LogP contribution in [0.25, 0.3) is 0 Å². The first kappa shape index (κ1) is 19.4. The number of benzene rings is 1. The second kappa shape index (κ2) is 7.48. The highest BCUT2D eigenvalue weighted by Gasteiger charge is 2.29. The molecule has 0 fully saturated rings. The number of hydrogen-bond donors (Lipinski definition) is 0. The fraction of sp³-hybridized carbons (Fsp3) is 0.600. The fourth-order valence-corrected chi connectivity index (χ4v) is 5.65. The first-order valence-corrected chi connectivity index (χ1v) is 11.6. The zero-order valence-corrected chi connectivity index (χ0v) is 17.4. The molecule has 4 rings (SSSR count). The van der Waals surface area contributed by atoms with Gasteiger partial charge in [0.15, 0.2) is 0 Å². The number of rotatable bonds is 4. The van der Waals surface area contributed by atoms with Gasteiger partial charge >= 0.3 is 5.69 Å². The average molecular weight is 405 g/mol. The monoisotopic (exact) mass is 404 g/mol. The summed E-state index contributed by atoms with van der Waals surface area (Å²) in [6, 6.07) is 5.55. The van der Waals surface area contributed by atoms with E-state index in [0.717, 1.165) is 24.8 Å². The van der Waals surface area contributed by atoms with Crippen LogP contribution in [0.4, 0.5) is 0 Å². The van der Waals surface area contributed by atoms with Crippen molar-refractivity contribution >= 4 is 10.0 Å². The van der Waals surface area contributed by atoms with Gasteiger partial charge in [0, 0.05) is 32.6 Å². The lowest BCUT2D eigenvalue weighted by Gasteiger charge is -2.22. The van der Waals surface area contributed by atoms with Crippen LogP contribution in [0.1, 0.15) is 43.6 Å². The molecule has 7 nitrogen and oxygen atoms in total. The van der Waals surface area contributed by atoms with Gasteiger partial charge in [-0.05, 0) is 54.9 Å². The number of aryl methyl sites for hydroxylation is 2. The third-order valence-electron chi connectivity index (χ3n) is 5.65. The number of sulfonamides is 1. The van der Waals surface area contributed by atoms with Gasteiger partial charge in [0.25, 0.3) is 0 Å². The first-order chi connectivity index (χ1) is 13.4. The Balaban J connectivity index is 1.56. The molecule has 2 aliphatic rings. The van der Waals surface area contributed by atoms with E-state index >= 15 is 0 Å². The minimum Gasteiger partial charge on any atom is -0.278 e. The summed E-state index contributed by atoms with van der Waals surface area (Å²) in [5.74, 6) is 1.01. The van der Waals surface area contributed by atoms with E-state index < -0.39 is 10.0 Å². The summed E-state index contributed by atoms with van der Waals surface area (Å²) in [5.41, 5.74) is 2.29. The van der Waals surface area contributed by atoms with Gasteiger partial charge in [0.05, 0.1) is 4.90 Å². The molecule has 1 aliphatic carbocycles. The van der Waals surface area contributed by atoms with Crippen molar-refractivity contribution in [2.75, 3.05) is 13.1 Å².